The molecule has 0 aliphatic carbocycles. The van der Waals surface area contributed by atoms with Crippen molar-refractivity contribution in [1.29, 1.82) is 0 Å². The molecule has 0 aromatic rings. The molecule has 0 saturated carbocycles. The van der Waals surface area contributed by atoms with E-state index in [9.17, 15) is 9.90 Å². The Labute approximate surface area is 135 Å². The molecule has 2 amide bonds. The van der Waals surface area contributed by atoms with Gasteiger partial charge < -0.3 is 15.3 Å². The molecular formula is C17H33N3O2. The minimum Gasteiger partial charge on any atom is -0.396 e. The average Bonchev–Trinajstić information content (AvgIpc) is 2.93. The minimum absolute atomic E-state index is 0.0159. The third kappa shape index (κ3) is 4.35. The van der Waals surface area contributed by atoms with Gasteiger partial charge in [0.25, 0.3) is 0 Å². The molecule has 2 aliphatic rings. The number of urea groups is 1. The molecule has 0 radical (unpaired) electrons. The molecule has 2 fully saturated rings. The Morgan fingerprint density at radius 1 is 1.23 bits per heavy atom. The standard InChI is InChI=1S/C17H33N3O2/c1-13-7-14(2)9-20(8-13)17(3,4)12-18-16(22)19-6-5-15(10-19)11-21/h13-15,21H,5-12H2,1-4H3,(H,18,22). The lowest BCUT2D eigenvalue weighted by molar-refractivity contribution is 0.0465. The molecule has 0 spiro atoms. The van der Waals surface area contributed by atoms with Crippen LogP contribution in [0.4, 0.5) is 4.79 Å². The normalized spacial score (nSPS) is 30.6. The van der Waals surface area contributed by atoms with E-state index in [0.29, 0.717) is 13.1 Å². The molecule has 0 bridgehead atoms. The Balaban J connectivity index is 1.83. The quantitative estimate of drug-likeness (QED) is 0.832. The smallest absolute Gasteiger partial charge is 0.317 e. The fraction of sp³-hybridized carbons (Fsp3) is 0.941. The topological polar surface area (TPSA) is 55.8 Å². The van der Waals surface area contributed by atoms with Gasteiger partial charge in [-0.1, -0.05) is 13.8 Å². The van der Waals surface area contributed by atoms with E-state index in [1.165, 1.54) is 6.42 Å². The summed E-state index contributed by atoms with van der Waals surface area (Å²) in [5, 5.41) is 12.3. The van der Waals surface area contributed by atoms with Crippen LogP contribution >= 0.6 is 0 Å². The van der Waals surface area contributed by atoms with Gasteiger partial charge in [-0.2, -0.15) is 0 Å². The Hall–Kier alpha value is -0.810. The monoisotopic (exact) mass is 311 g/mol. The molecule has 2 saturated heterocycles. The van der Waals surface area contributed by atoms with E-state index in [1.807, 2.05) is 4.90 Å². The summed E-state index contributed by atoms with van der Waals surface area (Å²) in [6, 6.07) is 0.0159. The fourth-order valence-electron chi connectivity index (χ4n) is 3.84. The number of likely N-dealkylation sites (tertiary alicyclic amines) is 2. The number of hydrogen-bond donors (Lipinski definition) is 2. The highest BCUT2D eigenvalue weighted by atomic mass is 16.3. The molecule has 3 atom stereocenters. The van der Waals surface area contributed by atoms with Crippen molar-refractivity contribution in [3.63, 3.8) is 0 Å². The SMILES string of the molecule is CC1CC(C)CN(C(C)(C)CNC(=O)N2CCC(CO)C2)C1. The number of rotatable bonds is 4. The molecule has 5 heteroatoms. The Bertz CT molecular complexity index is 376. The van der Waals surface area contributed by atoms with E-state index in [2.05, 4.69) is 37.9 Å². The second-order valence-corrected chi connectivity index (χ2v) is 8.11. The number of amides is 2. The molecular weight excluding hydrogens is 278 g/mol. The van der Waals surface area contributed by atoms with Crippen LogP contribution in [0.5, 0.6) is 0 Å². The zero-order chi connectivity index (χ0) is 16.3. The van der Waals surface area contributed by atoms with Gasteiger partial charge in [0.05, 0.1) is 0 Å². The van der Waals surface area contributed by atoms with E-state index >= 15 is 0 Å². The molecule has 22 heavy (non-hydrogen) atoms. The highest BCUT2D eigenvalue weighted by Gasteiger charge is 2.34. The molecule has 3 unspecified atom stereocenters. The van der Waals surface area contributed by atoms with Gasteiger partial charge in [-0.05, 0) is 38.5 Å². The summed E-state index contributed by atoms with van der Waals surface area (Å²) in [4.78, 5) is 16.6. The summed E-state index contributed by atoms with van der Waals surface area (Å²) in [5.74, 6) is 1.70. The van der Waals surface area contributed by atoms with Crippen molar-refractivity contribution in [3.05, 3.63) is 0 Å². The van der Waals surface area contributed by atoms with Crippen LogP contribution in [-0.4, -0.2) is 65.8 Å². The van der Waals surface area contributed by atoms with Gasteiger partial charge in [0.15, 0.2) is 0 Å². The van der Waals surface area contributed by atoms with E-state index < -0.39 is 0 Å². The van der Waals surface area contributed by atoms with Gasteiger partial charge in [-0.15, -0.1) is 0 Å². The molecule has 2 heterocycles. The Morgan fingerprint density at radius 3 is 2.41 bits per heavy atom. The number of piperidine rings is 1. The second kappa shape index (κ2) is 7.18. The first-order chi connectivity index (χ1) is 10.3. The van der Waals surface area contributed by atoms with Crippen molar-refractivity contribution in [2.45, 2.75) is 46.1 Å². The zero-order valence-corrected chi connectivity index (χ0v) is 14.6. The van der Waals surface area contributed by atoms with Crippen LogP contribution in [-0.2, 0) is 0 Å². The first-order valence-corrected chi connectivity index (χ1v) is 8.70. The first kappa shape index (κ1) is 17.5. The van der Waals surface area contributed by atoms with Crippen molar-refractivity contribution in [2.75, 3.05) is 39.3 Å². The fourth-order valence-corrected chi connectivity index (χ4v) is 3.84. The summed E-state index contributed by atoms with van der Waals surface area (Å²) < 4.78 is 0. The average molecular weight is 311 g/mol. The van der Waals surface area contributed by atoms with E-state index in [-0.39, 0.29) is 24.1 Å². The van der Waals surface area contributed by atoms with Crippen molar-refractivity contribution >= 4 is 6.03 Å². The third-order valence-corrected chi connectivity index (χ3v) is 5.23. The van der Waals surface area contributed by atoms with Crippen LogP contribution in [0.15, 0.2) is 0 Å². The maximum absolute atomic E-state index is 12.3. The predicted octanol–water partition coefficient (Wildman–Crippen LogP) is 1.77. The van der Waals surface area contributed by atoms with Crippen LogP contribution in [0.2, 0.25) is 0 Å². The summed E-state index contributed by atoms with van der Waals surface area (Å²) >= 11 is 0. The van der Waals surface area contributed by atoms with Gasteiger partial charge in [0.1, 0.15) is 0 Å². The lowest BCUT2D eigenvalue weighted by Crippen LogP contribution is -2.57. The minimum atomic E-state index is -0.0191. The van der Waals surface area contributed by atoms with Crippen molar-refractivity contribution in [1.82, 2.24) is 15.1 Å². The number of carbonyl (C=O) groups is 1. The number of aliphatic hydroxyl groups is 1. The van der Waals surface area contributed by atoms with Crippen molar-refractivity contribution in [2.24, 2.45) is 17.8 Å². The summed E-state index contributed by atoms with van der Waals surface area (Å²) in [6.07, 6.45) is 2.21. The Morgan fingerprint density at radius 2 is 1.86 bits per heavy atom. The van der Waals surface area contributed by atoms with E-state index in [1.54, 1.807) is 0 Å². The van der Waals surface area contributed by atoms with Crippen LogP contribution in [0.25, 0.3) is 0 Å². The lowest BCUT2D eigenvalue weighted by Gasteiger charge is -2.45. The highest BCUT2D eigenvalue weighted by molar-refractivity contribution is 5.74. The second-order valence-electron chi connectivity index (χ2n) is 8.11. The summed E-state index contributed by atoms with van der Waals surface area (Å²) in [6.45, 7) is 13.6. The Kier molecular flexibility index (Phi) is 5.72. The van der Waals surface area contributed by atoms with Gasteiger partial charge in [-0.3, -0.25) is 4.90 Å². The zero-order valence-electron chi connectivity index (χ0n) is 14.6. The number of nitrogens with zero attached hydrogens (tertiary/aromatic N) is 2. The number of carbonyl (C=O) groups excluding carboxylic acids is 1. The number of nitrogens with one attached hydrogen (secondary N) is 1. The largest absolute Gasteiger partial charge is 0.396 e. The maximum Gasteiger partial charge on any atom is 0.317 e. The lowest BCUT2D eigenvalue weighted by atomic mass is 9.88. The molecule has 128 valence electrons. The predicted molar refractivity (Wildman–Crippen MR) is 88.8 cm³/mol. The molecule has 2 aliphatic heterocycles. The van der Waals surface area contributed by atoms with Gasteiger partial charge in [0.2, 0.25) is 0 Å². The maximum atomic E-state index is 12.3. The van der Waals surface area contributed by atoms with Crippen molar-refractivity contribution in [3.8, 4) is 0 Å². The van der Waals surface area contributed by atoms with Crippen LogP contribution < -0.4 is 5.32 Å². The third-order valence-electron chi connectivity index (χ3n) is 5.23. The number of hydrogen-bond acceptors (Lipinski definition) is 3. The highest BCUT2D eigenvalue weighted by Crippen LogP contribution is 2.27. The number of aliphatic hydroxyl groups excluding tert-OH is 1. The molecule has 2 N–H and O–H groups in total. The van der Waals surface area contributed by atoms with Crippen LogP contribution in [0.3, 0.4) is 0 Å². The molecule has 5 nitrogen and oxygen atoms in total. The molecule has 0 aromatic heterocycles. The van der Waals surface area contributed by atoms with Gasteiger partial charge in [-0.25, -0.2) is 4.79 Å². The van der Waals surface area contributed by atoms with Gasteiger partial charge >= 0.3 is 6.03 Å². The van der Waals surface area contributed by atoms with Gasteiger partial charge in [0, 0.05) is 50.8 Å². The molecule has 2 rings (SSSR count). The van der Waals surface area contributed by atoms with Crippen molar-refractivity contribution < 1.29 is 9.90 Å². The van der Waals surface area contributed by atoms with E-state index in [4.69, 9.17) is 0 Å². The summed E-state index contributed by atoms with van der Waals surface area (Å²) in [5.41, 5.74) is -0.0191. The van der Waals surface area contributed by atoms with Crippen LogP contribution in [0, 0.1) is 17.8 Å². The van der Waals surface area contributed by atoms with Crippen LogP contribution in [0.1, 0.15) is 40.5 Å². The summed E-state index contributed by atoms with van der Waals surface area (Å²) in [7, 11) is 0. The van der Waals surface area contributed by atoms with E-state index in [0.717, 1.165) is 37.9 Å². The first-order valence-electron chi connectivity index (χ1n) is 8.70. The molecule has 0 aromatic carbocycles.